The highest BCUT2D eigenvalue weighted by molar-refractivity contribution is 6.30. The Hall–Kier alpha value is -3.37. The molecule has 0 amide bonds. The molecular weight excluding hydrogens is 533 g/mol. The predicted octanol–water partition coefficient (Wildman–Crippen LogP) is 7.27. The maximum Gasteiger partial charge on any atom is 0.416 e. The van der Waals surface area contributed by atoms with Gasteiger partial charge in [0, 0.05) is 16.5 Å². The van der Waals surface area contributed by atoms with Crippen molar-refractivity contribution in [2.75, 3.05) is 0 Å². The molecule has 188 valence electrons. The standard InChI is InChI=1S/C24H14Cl2F6N2O2/c25-16-1-5-18(6-2-16)33-21(35)20(22(36)34(33)19-7-3-17(26)4-8-19)11-13-9-14(23(27,28)29)12-15(10-13)24(30,31)32/h1-10,12,35H,11H2. The van der Waals surface area contributed by atoms with Gasteiger partial charge in [0.15, 0.2) is 0 Å². The summed E-state index contributed by atoms with van der Waals surface area (Å²) in [7, 11) is 0. The first kappa shape index (κ1) is 25.7. The lowest BCUT2D eigenvalue weighted by Crippen LogP contribution is -2.22. The van der Waals surface area contributed by atoms with Crippen LogP contribution in [0.25, 0.3) is 11.4 Å². The molecule has 12 heteroatoms. The molecule has 0 radical (unpaired) electrons. The van der Waals surface area contributed by atoms with E-state index in [9.17, 15) is 36.2 Å². The molecule has 0 aliphatic heterocycles. The third-order valence-corrected chi connectivity index (χ3v) is 5.80. The van der Waals surface area contributed by atoms with Crippen LogP contribution in [0.5, 0.6) is 5.88 Å². The van der Waals surface area contributed by atoms with E-state index in [1.54, 1.807) is 0 Å². The number of alkyl halides is 6. The van der Waals surface area contributed by atoms with Crippen molar-refractivity contribution in [3.63, 3.8) is 0 Å². The van der Waals surface area contributed by atoms with Crippen LogP contribution in [0.15, 0.2) is 71.5 Å². The maximum atomic E-state index is 13.4. The molecule has 0 saturated heterocycles. The van der Waals surface area contributed by atoms with Gasteiger partial charge in [0.25, 0.3) is 5.56 Å². The first-order chi connectivity index (χ1) is 16.8. The minimum absolute atomic E-state index is 0.00572. The SMILES string of the molecule is O=c1c(Cc2cc(C(F)(F)F)cc(C(F)(F)F)c2)c(O)n(-c2ccc(Cl)cc2)n1-c1ccc(Cl)cc1. The summed E-state index contributed by atoms with van der Waals surface area (Å²) in [5.74, 6) is -0.664. The summed E-state index contributed by atoms with van der Waals surface area (Å²) in [6.45, 7) is 0. The van der Waals surface area contributed by atoms with Gasteiger partial charge in [-0.2, -0.15) is 26.3 Å². The van der Waals surface area contributed by atoms with E-state index in [2.05, 4.69) is 0 Å². The first-order valence-corrected chi connectivity index (χ1v) is 10.9. The van der Waals surface area contributed by atoms with Crippen LogP contribution in [0, 0.1) is 0 Å². The molecule has 3 aromatic carbocycles. The molecule has 0 unspecified atom stereocenters. The van der Waals surface area contributed by atoms with E-state index in [-0.39, 0.29) is 17.4 Å². The number of hydrogen-bond acceptors (Lipinski definition) is 2. The van der Waals surface area contributed by atoms with Crippen LogP contribution in [0.3, 0.4) is 0 Å². The van der Waals surface area contributed by atoms with Crippen molar-refractivity contribution in [1.82, 2.24) is 9.36 Å². The van der Waals surface area contributed by atoms with Crippen LogP contribution in [0.4, 0.5) is 26.3 Å². The van der Waals surface area contributed by atoms with Gasteiger partial charge < -0.3 is 5.11 Å². The summed E-state index contributed by atoms with van der Waals surface area (Å²) in [5, 5.41) is 11.7. The second kappa shape index (κ2) is 9.25. The van der Waals surface area contributed by atoms with Crippen molar-refractivity contribution in [2.24, 2.45) is 0 Å². The highest BCUT2D eigenvalue weighted by atomic mass is 35.5. The Balaban J connectivity index is 1.93. The fourth-order valence-corrected chi connectivity index (χ4v) is 3.90. The summed E-state index contributed by atoms with van der Waals surface area (Å²) in [6, 6.07) is 12.8. The number of rotatable bonds is 4. The number of hydrogen-bond donors (Lipinski definition) is 1. The molecule has 4 aromatic rings. The summed E-state index contributed by atoms with van der Waals surface area (Å²) in [5.41, 5.74) is -4.27. The summed E-state index contributed by atoms with van der Waals surface area (Å²) in [4.78, 5) is 13.4. The number of halogens is 8. The highest BCUT2D eigenvalue weighted by Gasteiger charge is 2.37. The van der Waals surface area contributed by atoms with E-state index in [1.165, 1.54) is 48.5 Å². The minimum atomic E-state index is -5.06. The first-order valence-electron chi connectivity index (χ1n) is 10.1. The van der Waals surface area contributed by atoms with Gasteiger partial charge >= 0.3 is 12.4 Å². The van der Waals surface area contributed by atoms with Crippen LogP contribution in [-0.2, 0) is 18.8 Å². The second-order valence-electron chi connectivity index (χ2n) is 7.77. The monoisotopic (exact) mass is 546 g/mol. The lowest BCUT2D eigenvalue weighted by molar-refractivity contribution is -0.143. The molecule has 0 bridgehead atoms. The van der Waals surface area contributed by atoms with Gasteiger partial charge in [-0.25, -0.2) is 9.36 Å². The zero-order valence-electron chi connectivity index (χ0n) is 17.8. The van der Waals surface area contributed by atoms with Crippen LogP contribution in [0.1, 0.15) is 22.3 Å². The zero-order valence-corrected chi connectivity index (χ0v) is 19.3. The predicted molar refractivity (Wildman–Crippen MR) is 122 cm³/mol. The van der Waals surface area contributed by atoms with E-state index >= 15 is 0 Å². The van der Waals surface area contributed by atoms with Gasteiger partial charge in [-0.3, -0.25) is 4.79 Å². The van der Waals surface area contributed by atoms with Crippen molar-refractivity contribution >= 4 is 23.2 Å². The third-order valence-electron chi connectivity index (χ3n) is 5.29. The average Bonchev–Trinajstić information content (AvgIpc) is 3.04. The molecule has 36 heavy (non-hydrogen) atoms. The molecule has 1 aromatic heterocycles. The lowest BCUT2D eigenvalue weighted by atomic mass is 10.00. The zero-order chi connectivity index (χ0) is 26.4. The fraction of sp³-hybridized carbons (Fsp3) is 0.125. The van der Waals surface area contributed by atoms with Gasteiger partial charge in [0.05, 0.1) is 28.1 Å². The number of aromatic nitrogens is 2. The Morgan fingerprint density at radius 1 is 0.694 bits per heavy atom. The quantitative estimate of drug-likeness (QED) is 0.273. The van der Waals surface area contributed by atoms with Crippen molar-refractivity contribution in [1.29, 1.82) is 0 Å². The molecular formula is C24H14Cl2F6N2O2. The normalized spacial score (nSPS) is 12.2. The Kier molecular flexibility index (Phi) is 6.61. The van der Waals surface area contributed by atoms with E-state index in [0.717, 1.165) is 9.36 Å². The Morgan fingerprint density at radius 3 is 1.53 bits per heavy atom. The van der Waals surface area contributed by atoms with Crippen molar-refractivity contribution in [3.8, 4) is 17.3 Å². The molecule has 0 aliphatic rings. The smallest absolute Gasteiger partial charge is 0.416 e. The number of nitrogens with zero attached hydrogens (tertiary/aromatic N) is 2. The second-order valence-corrected chi connectivity index (χ2v) is 8.65. The minimum Gasteiger partial charge on any atom is -0.493 e. The van der Waals surface area contributed by atoms with Gasteiger partial charge in [-0.15, -0.1) is 0 Å². The van der Waals surface area contributed by atoms with Crippen molar-refractivity contribution in [3.05, 3.63) is 109 Å². The fourth-order valence-electron chi connectivity index (χ4n) is 3.65. The lowest BCUT2D eigenvalue weighted by Gasteiger charge is -2.14. The van der Waals surface area contributed by atoms with E-state index < -0.39 is 52.5 Å². The van der Waals surface area contributed by atoms with Gasteiger partial charge in [0.1, 0.15) is 0 Å². The van der Waals surface area contributed by atoms with E-state index in [4.69, 9.17) is 23.2 Å². The Labute approximate surface area is 209 Å². The van der Waals surface area contributed by atoms with Gasteiger partial charge in [-0.1, -0.05) is 23.2 Å². The molecule has 4 rings (SSSR count). The maximum absolute atomic E-state index is 13.4. The summed E-state index contributed by atoms with van der Waals surface area (Å²) >= 11 is 11.8. The Bertz CT molecular complexity index is 1440. The van der Waals surface area contributed by atoms with Crippen molar-refractivity contribution in [2.45, 2.75) is 18.8 Å². The molecule has 0 atom stereocenters. The molecule has 1 heterocycles. The highest BCUT2D eigenvalue weighted by Crippen LogP contribution is 2.37. The summed E-state index contributed by atoms with van der Waals surface area (Å²) < 4.78 is 81.9. The molecule has 4 nitrogen and oxygen atoms in total. The Morgan fingerprint density at radius 2 is 1.11 bits per heavy atom. The van der Waals surface area contributed by atoms with Gasteiger partial charge in [0.2, 0.25) is 5.88 Å². The molecule has 0 aliphatic carbocycles. The molecule has 1 N–H and O–H groups in total. The summed E-state index contributed by atoms with van der Waals surface area (Å²) in [6.07, 6.45) is -10.8. The van der Waals surface area contributed by atoms with Crippen LogP contribution in [0.2, 0.25) is 10.0 Å². The van der Waals surface area contributed by atoms with Crippen LogP contribution < -0.4 is 5.56 Å². The largest absolute Gasteiger partial charge is 0.493 e. The number of aromatic hydroxyl groups is 1. The van der Waals surface area contributed by atoms with Crippen LogP contribution >= 0.6 is 23.2 Å². The average molecular weight is 547 g/mol. The van der Waals surface area contributed by atoms with Gasteiger partial charge in [-0.05, 0) is 72.3 Å². The topological polar surface area (TPSA) is 47.2 Å². The number of benzene rings is 3. The third kappa shape index (κ3) is 5.10. The van der Waals surface area contributed by atoms with Crippen molar-refractivity contribution < 1.29 is 31.4 Å². The molecule has 0 spiro atoms. The van der Waals surface area contributed by atoms with E-state index in [1.807, 2.05) is 0 Å². The molecule has 0 fully saturated rings. The molecule has 0 saturated carbocycles. The van der Waals surface area contributed by atoms with E-state index in [0.29, 0.717) is 22.2 Å². The van der Waals surface area contributed by atoms with Crippen LogP contribution in [-0.4, -0.2) is 14.5 Å².